The fraction of sp³-hybridized carbons (Fsp3) is 0.444. The van der Waals surface area contributed by atoms with Gasteiger partial charge in [-0.2, -0.15) is 0 Å². The quantitative estimate of drug-likeness (QED) is 0.801. The summed E-state index contributed by atoms with van der Waals surface area (Å²) in [5, 5.41) is 3.83. The second-order valence-electron chi connectivity index (χ2n) is 3.06. The molecule has 1 aromatic rings. The summed E-state index contributed by atoms with van der Waals surface area (Å²) in [5.74, 6) is 0.756. The molecule has 3 nitrogen and oxygen atoms in total. The van der Waals surface area contributed by atoms with Crippen molar-refractivity contribution >= 4 is 17.4 Å². The number of anilines is 1. The van der Waals surface area contributed by atoms with Crippen LogP contribution in [-0.4, -0.2) is 37.1 Å². The van der Waals surface area contributed by atoms with Crippen LogP contribution in [0.5, 0.6) is 0 Å². The molecule has 0 bridgehead atoms. The predicted molar refractivity (Wildman–Crippen MR) is 56.3 cm³/mol. The number of aromatic nitrogens is 1. The summed E-state index contributed by atoms with van der Waals surface area (Å²) < 4.78 is 0. The first kappa shape index (κ1) is 10.3. The normalized spacial score (nSPS) is 10.5. The average molecular weight is 200 g/mol. The van der Waals surface area contributed by atoms with Crippen molar-refractivity contribution in [1.82, 2.24) is 9.88 Å². The lowest BCUT2D eigenvalue weighted by atomic mass is 10.4. The minimum atomic E-state index is 0.668. The van der Waals surface area contributed by atoms with Gasteiger partial charge in [0.25, 0.3) is 0 Å². The largest absolute Gasteiger partial charge is 0.368 e. The van der Waals surface area contributed by atoms with E-state index in [0.29, 0.717) is 5.02 Å². The van der Waals surface area contributed by atoms with Gasteiger partial charge in [0, 0.05) is 19.3 Å². The van der Waals surface area contributed by atoms with E-state index in [-0.39, 0.29) is 0 Å². The molecule has 1 N–H and O–H groups in total. The van der Waals surface area contributed by atoms with Gasteiger partial charge in [0.2, 0.25) is 0 Å². The van der Waals surface area contributed by atoms with Crippen molar-refractivity contribution in [2.24, 2.45) is 0 Å². The molecule has 0 unspecified atom stereocenters. The average Bonchev–Trinajstić information content (AvgIpc) is 2.08. The molecule has 0 spiro atoms. The second kappa shape index (κ2) is 5.04. The number of pyridine rings is 1. The lowest BCUT2D eigenvalue weighted by molar-refractivity contribution is 0.425. The highest BCUT2D eigenvalue weighted by atomic mass is 35.5. The summed E-state index contributed by atoms with van der Waals surface area (Å²) >= 11 is 5.90. The number of likely N-dealkylation sites (N-methyl/N-ethyl adjacent to an activating group) is 1. The molecule has 0 aliphatic carbocycles. The van der Waals surface area contributed by atoms with Gasteiger partial charge in [0.05, 0.1) is 5.02 Å². The van der Waals surface area contributed by atoms with Crippen LogP contribution in [-0.2, 0) is 0 Å². The Balaban J connectivity index is 2.41. The maximum atomic E-state index is 5.90. The predicted octanol–water partition coefficient (Wildman–Crippen LogP) is 1.71. The summed E-state index contributed by atoms with van der Waals surface area (Å²) in [5.41, 5.74) is 0. The Morgan fingerprint density at radius 1 is 1.54 bits per heavy atom. The molecule has 72 valence electrons. The topological polar surface area (TPSA) is 28.2 Å². The van der Waals surface area contributed by atoms with E-state index in [1.54, 1.807) is 6.20 Å². The molecule has 1 heterocycles. The van der Waals surface area contributed by atoms with Gasteiger partial charge in [-0.25, -0.2) is 4.98 Å². The summed E-state index contributed by atoms with van der Waals surface area (Å²) in [6.07, 6.45) is 1.73. The number of nitrogens with one attached hydrogen (secondary N) is 1. The zero-order chi connectivity index (χ0) is 9.68. The van der Waals surface area contributed by atoms with Crippen molar-refractivity contribution in [1.29, 1.82) is 0 Å². The van der Waals surface area contributed by atoms with Crippen LogP contribution in [0, 0.1) is 0 Å². The highest BCUT2D eigenvalue weighted by molar-refractivity contribution is 6.32. The van der Waals surface area contributed by atoms with Crippen LogP contribution in [0.25, 0.3) is 0 Å². The van der Waals surface area contributed by atoms with Gasteiger partial charge in [0.1, 0.15) is 5.82 Å². The van der Waals surface area contributed by atoms with Crippen LogP contribution in [0.3, 0.4) is 0 Å². The molecule has 0 aliphatic rings. The number of rotatable bonds is 4. The monoisotopic (exact) mass is 199 g/mol. The van der Waals surface area contributed by atoms with Crippen molar-refractivity contribution in [3.63, 3.8) is 0 Å². The fourth-order valence-electron chi connectivity index (χ4n) is 0.914. The van der Waals surface area contributed by atoms with Gasteiger partial charge >= 0.3 is 0 Å². The van der Waals surface area contributed by atoms with Gasteiger partial charge in [-0.15, -0.1) is 0 Å². The number of hydrogen-bond acceptors (Lipinski definition) is 3. The molecule has 0 saturated carbocycles. The summed E-state index contributed by atoms with van der Waals surface area (Å²) in [4.78, 5) is 6.21. The first-order valence-corrected chi connectivity index (χ1v) is 4.57. The molecule has 0 aromatic carbocycles. The van der Waals surface area contributed by atoms with Crippen molar-refractivity contribution in [3.05, 3.63) is 23.4 Å². The van der Waals surface area contributed by atoms with Gasteiger partial charge < -0.3 is 10.2 Å². The molecule has 0 aliphatic heterocycles. The number of hydrogen-bond donors (Lipinski definition) is 1. The third-order valence-corrected chi connectivity index (χ3v) is 1.91. The second-order valence-corrected chi connectivity index (χ2v) is 3.47. The third-order valence-electron chi connectivity index (χ3n) is 1.61. The maximum absolute atomic E-state index is 5.90. The number of nitrogens with zero attached hydrogens (tertiary/aromatic N) is 2. The van der Waals surface area contributed by atoms with Crippen LogP contribution in [0.15, 0.2) is 18.3 Å². The summed E-state index contributed by atoms with van der Waals surface area (Å²) in [6.45, 7) is 1.82. The van der Waals surface area contributed by atoms with E-state index < -0.39 is 0 Å². The van der Waals surface area contributed by atoms with Gasteiger partial charge in [-0.05, 0) is 26.2 Å². The maximum Gasteiger partial charge on any atom is 0.144 e. The minimum Gasteiger partial charge on any atom is -0.368 e. The van der Waals surface area contributed by atoms with Gasteiger partial charge in [-0.1, -0.05) is 11.6 Å². The van der Waals surface area contributed by atoms with Crippen LogP contribution < -0.4 is 5.32 Å². The Hall–Kier alpha value is -0.800. The molecule has 0 amide bonds. The molecule has 1 aromatic heterocycles. The zero-order valence-corrected chi connectivity index (χ0v) is 8.67. The van der Waals surface area contributed by atoms with Gasteiger partial charge in [-0.3, -0.25) is 0 Å². The summed E-state index contributed by atoms with van der Waals surface area (Å²) in [6, 6.07) is 3.64. The van der Waals surface area contributed by atoms with Crippen LogP contribution in [0.2, 0.25) is 5.02 Å². The lowest BCUT2D eigenvalue weighted by Crippen LogP contribution is -2.21. The first-order chi connectivity index (χ1) is 6.20. The molecule has 13 heavy (non-hydrogen) atoms. The SMILES string of the molecule is CN(C)CCNc1ncccc1Cl. The number of halogens is 1. The van der Waals surface area contributed by atoms with Crippen molar-refractivity contribution in [2.45, 2.75) is 0 Å². The Morgan fingerprint density at radius 2 is 2.31 bits per heavy atom. The zero-order valence-electron chi connectivity index (χ0n) is 7.92. The van der Waals surface area contributed by atoms with E-state index >= 15 is 0 Å². The van der Waals surface area contributed by atoms with E-state index in [9.17, 15) is 0 Å². The van der Waals surface area contributed by atoms with Crippen molar-refractivity contribution < 1.29 is 0 Å². The van der Waals surface area contributed by atoms with Crippen molar-refractivity contribution in [3.8, 4) is 0 Å². The molecule has 0 atom stereocenters. The van der Waals surface area contributed by atoms with E-state index in [4.69, 9.17) is 11.6 Å². The fourth-order valence-corrected chi connectivity index (χ4v) is 1.10. The Kier molecular flexibility index (Phi) is 3.99. The highest BCUT2D eigenvalue weighted by Crippen LogP contribution is 2.16. The molecule has 4 heteroatoms. The molecular weight excluding hydrogens is 186 g/mol. The first-order valence-electron chi connectivity index (χ1n) is 4.19. The lowest BCUT2D eigenvalue weighted by Gasteiger charge is -2.11. The minimum absolute atomic E-state index is 0.668. The van der Waals surface area contributed by atoms with E-state index in [1.807, 2.05) is 26.2 Å². The van der Waals surface area contributed by atoms with E-state index in [2.05, 4.69) is 15.2 Å². The van der Waals surface area contributed by atoms with Crippen LogP contribution in [0.1, 0.15) is 0 Å². The molecule has 0 radical (unpaired) electrons. The molecular formula is C9H14ClN3. The highest BCUT2D eigenvalue weighted by Gasteiger charge is 1.98. The molecule has 0 fully saturated rings. The standard InChI is InChI=1S/C9H14ClN3/c1-13(2)7-6-12-9-8(10)4-3-5-11-9/h3-5H,6-7H2,1-2H3,(H,11,12). The molecule has 0 saturated heterocycles. The third kappa shape index (κ3) is 3.61. The van der Waals surface area contributed by atoms with Crippen LogP contribution >= 0.6 is 11.6 Å². The Labute approximate surface area is 83.7 Å². The summed E-state index contributed by atoms with van der Waals surface area (Å²) in [7, 11) is 4.06. The Morgan fingerprint density at radius 3 is 2.92 bits per heavy atom. The molecule has 1 rings (SSSR count). The smallest absolute Gasteiger partial charge is 0.144 e. The van der Waals surface area contributed by atoms with Gasteiger partial charge in [0.15, 0.2) is 0 Å². The Bertz CT molecular complexity index is 263. The van der Waals surface area contributed by atoms with E-state index in [1.165, 1.54) is 0 Å². The van der Waals surface area contributed by atoms with E-state index in [0.717, 1.165) is 18.9 Å². The van der Waals surface area contributed by atoms with Crippen molar-refractivity contribution in [2.75, 3.05) is 32.5 Å². The van der Waals surface area contributed by atoms with Crippen LogP contribution in [0.4, 0.5) is 5.82 Å².